The lowest BCUT2D eigenvalue weighted by molar-refractivity contribution is 0.0973. The Morgan fingerprint density at radius 2 is 2.09 bits per heavy atom. The molecule has 0 bridgehead atoms. The van der Waals surface area contributed by atoms with Crippen LogP contribution in [0.1, 0.15) is 15.9 Å². The van der Waals surface area contributed by atoms with Crippen LogP contribution in [0, 0.1) is 6.92 Å². The van der Waals surface area contributed by atoms with E-state index in [0.29, 0.717) is 0 Å². The molecule has 1 aromatic carbocycles. The summed E-state index contributed by atoms with van der Waals surface area (Å²) in [6.45, 7) is 1.99. The Balaban J connectivity index is 2.59. The Kier molecular flexibility index (Phi) is 1.07. The third-order valence-electron chi connectivity index (χ3n) is 2.05. The maximum atomic E-state index is 11.1. The molecule has 0 aromatic heterocycles. The topological polar surface area (TPSA) is 20.3 Å². The Morgan fingerprint density at radius 1 is 1.36 bits per heavy atom. The van der Waals surface area contributed by atoms with Crippen LogP contribution in [0.4, 0.5) is 5.69 Å². The summed E-state index contributed by atoms with van der Waals surface area (Å²) in [5.74, 6) is 0.128. The van der Waals surface area contributed by atoms with Crippen molar-refractivity contribution in [1.82, 2.24) is 0 Å². The minimum absolute atomic E-state index is 0.128. The quantitative estimate of drug-likeness (QED) is 0.545. The molecule has 1 heterocycles. The molecule has 0 fully saturated rings. The second-order valence-corrected chi connectivity index (χ2v) is 2.88. The van der Waals surface area contributed by atoms with Crippen LogP contribution in [-0.4, -0.2) is 13.0 Å². The van der Waals surface area contributed by atoms with Crippen LogP contribution < -0.4 is 4.90 Å². The first-order valence-electron chi connectivity index (χ1n) is 3.59. The van der Waals surface area contributed by atoms with Gasteiger partial charge in [0, 0.05) is 7.05 Å². The summed E-state index contributed by atoms with van der Waals surface area (Å²) in [5.41, 5.74) is 3.04. The number of fused-ring (bicyclic) bond motifs is 1. The van der Waals surface area contributed by atoms with E-state index in [1.807, 2.05) is 25.1 Å². The predicted molar refractivity (Wildman–Crippen MR) is 43.9 cm³/mol. The van der Waals surface area contributed by atoms with Crippen molar-refractivity contribution in [1.29, 1.82) is 0 Å². The third-order valence-corrected chi connectivity index (χ3v) is 2.05. The van der Waals surface area contributed by atoms with Crippen LogP contribution in [0.2, 0.25) is 0 Å². The molecule has 1 aliphatic heterocycles. The number of carbonyl (C=O) groups excluding carboxylic acids is 1. The third kappa shape index (κ3) is 0.693. The van der Waals surface area contributed by atoms with Gasteiger partial charge < -0.3 is 4.90 Å². The van der Waals surface area contributed by atoms with Gasteiger partial charge in [-0.1, -0.05) is 11.6 Å². The Bertz CT molecular complexity index is 330. The largest absolute Gasteiger partial charge is 0.311 e. The summed E-state index contributed by atoms with van der Waals surface area (Å²) in [6, 6.07) is 5.92. The smallest absolute Gasteiger partial charge is 0.260 e. The van der Waals surface area contributed by atoms with Crippen molar-refractivity contribution in [2.45, 2.75) is 6.92 Å². The van der Waals surface area contributed by atoms with Crippen LogP contribution in [-0.2, 0) is 0 Å². The number of hydrogen-bond donors (Lipinski definition) is 0. The molecule has 0 spiro atoms. The van der Waals surface area contributed by atoms with Crippen LogP contribution in [0.25, 0.3) is 0 Å². The first kappa shape index (κ1) is 6.40. The number of aryl methyl sites for hydroxylation is 1. The second-order valence-electron chi connectivity index (χ2n) is 2.88. The van der Waals surface area contributed by atoms with Gasteiger partial charge in [-0.15, -0.1) is 0 Å². The van der Waals surface area contributed by atoms with Crippen molar-refractivity contribution in [2.75, 3.05) is 11.9 Å². The fourth-order valence-electron chi connectivity index (χ4n) is 1.35. The van der Waals surface area contributed by atoms with E-state index in [0.717, 1.165) is 16.8 Å². The highest BCUT2D eigenvalue weighted by Crippen LogP contribution is 2.31. The molecule has 0 saturated heterocycles. The standard InChI is InChI=1S/C9H9NO/c1-6-3-4-8-7(5-6)9(11)10(8)2/h3-5H,1-2H3. The van der Waals surface area contributed by atoms with Crippen molar-refractivity contribution in [2.24, 2.45) is 0 Å². The average Bonchev–Trinajstić information content (AvgIpc) is 2.03. The lowest BCUT2D eigenvalue weighted by Gasteiger charge is -2.29. The maximum absolute atomic E-state index is 11.1. The van der Waals surface area contributed by atoms with E-state index in [4.69, 9.17) is 0 Å². The van der Waals surface area contributed by atoms with E-state index in [2.05, 4.69) is 0 Å². The second kappa shape index (κ2) is 1.84. The van der Waals surface area contributed by atoms with Gasteiger partial charge in [0.15, 0.2) is 0 Å². The Labute approximate surface area is 65.4 Å². The van der Waals surface area contributed by atoms with Crippen molar-refractivity contribution in [3.8, 4) is 0 Å². The molecular formula is C9H9NO. The number of anilines is 1. The normalized spacial score (nSPS) is 14.4. The fourth-order valence-corrected chi connectivity index (χ4v) is 1.35. The van der Waals surface area contributed by atoms with Gasteiger partial charge >= 0.3 is 0 Å². The SMILES string of the molecule is Cc1ccc2c(c1)C(=O)N2C. The molecule has 1 aliphatic rings. The molecule has 1 amide bonds. The molecule has 2 nitrogen and oxygen atoms in total. The van der Waals surface area contributed by atoms with Gasteiger partial charge in [-0.3, -0.25) is 4.79 Å². The number of hydrogen-bond acceptors (Lipinski definition) is 1. The zero-order chi connectivity index (χ0) is 8.01. The zero-order valence-corrected chi connectivity index (χ0v) is 6.59. The highest BCUT2D eigenvalue weighted by molar-refractivity contribution is 6.19. The number of benzene rings is 1. The molecule has 1 aromatic rings. The van der Waals surface area contributed by atoms with E-state index in [-0.39, 0.29) is 5.91 Å². The number of carbonyl (C=O) groups is 1. The Hall–Kier alpha value is -1.31. The van der Waals surface area contributed by atoms with E-state index < -0.39 is 0 Å². The van der Waals surface area contributed by atoms with E-state index in [1.54, 1.807) is 11.9 Å². The average molecular weight is 147 g/mol. The van der Waals surface area contributed by atoms with Crippen LogP contribution in [0.3, 0.4) is 0 Å². The molecule has 0 unspecified atom stereocenters. The molecule has 11 heavy (non-hydrogen) atoms. The van der Waals surface area contributed by atoms with Gasteiger partial charge in [0.1, 0.15) is 0 Å². The van der Waals surface area contributed by atoms with E-state index >= 15 is 0 Å². The first-order valence-corrected chi connectivity index (χ1v) is 3.59. The summed E-state index contributed by atoms with van der Waals surface area (Å²) >= 11 is 0. The van der Waals surface area contributed by atoms with Gasteiger partial charge in [0.2, 0.25) is 0 Å². The summed E-state index contributed by atoms with van der Waals surface area (Å²) < 4.78 is 0. The minimum atomic E-state index is 0.128. The van der Waals surface area contributed by atoms with Crippen molar-refractivity contribution in [3.05, 3.63) is 29.3 Å². The zero-order valence-electron chi connectivity index (χ0n) is 6.59. The van der Waals surface area contributed by atoms with E-state index in [1.165, 1.54) is 0 Å². The van der Waals surface area contributed by atoms with Crippen molar-refractivity contribution >= 4 is 11.6 Å². The number of rotatable bonds is 0. The molecule has 0 radical (unpaired) electrons. The number of nitrogens with zero attached hydrogens (tertiary/aromatic N) is 1. The molecule has 0 saturated carbocycles. The summed E-state index contributed by atoms with van der Waals surface area (Å²) in [7, 11) is 1.79. The predicted octanol–water partition coefficient (Wildman–Crippen LogP) is 1.59. The van der Waals surface area contributed by atoms with Crippen LogP contribution in [0.5, 0.6) is 0 Å². The molecule has 2 rings (SSSR count). The molecule has 56 valence electrons. The summed E-state index contributed by atoms with van der Waals surface area (Å²) in [4.78, 5) is 12.8. The molecule has 0 aliphatic carbocycles. The van der Waals surface area contributed by atoms with Crippen LogP contribution >= 0.6 is 0 Å². The lowest BCUT2D eigenvalue weighted by atomic mass is 10.0. The van der Waals surface area contributed by atoms with Crippen LogP contribution in [0.15, 0.2) is 18.2 Å². The monoisotopic (exact) mass is 147 g/mol. The summed E-state index contributed by atoms with van der Waals surface area (Å²) in [6.07, 6.45) is 0. The van der Waals surface area contributed by atoms with Gasteiger partial charge in [-0.25, -0.2) is 0 Å². The Morgan fingerprint density at radius 3 is 2.82 bits per heavy atom. The van der Waals surface area contributed by atoms with Gasteiger partial charge in [0.05, 0.1) is 11.3 Å². The van der Waals surface area contributed by atoms with Crippen molar-refractivity contribution in [3.63, 3.8) is 0 Å². The van der Waals surface area contributed by atoms with Crippen molar-refractivity contribution < 1.29 is 4.79 Å². The number of amides is 1. The molecule has 0 N–H and O–H groups in total. The first-order chi connectivity index (χ1) is 5.20. The van der Waals surface area contributed by atoms with Gasteiger partial charge in [-0.2, -0.15) is 0 Å². The highest BCUT2D eigenvalue weighted by Gasteiger charge is 2.28. The molecule has 0 atom stereocenters. The summed E-state index contributed by atoms with van der Waals surface area (Å²) in [5, 5.41) is 0. The highest BCUT2D eigenvalue weighted by atomic mass is 16.2. The minimum Gasteiger partial charge on any atom is -0.311 e. The van der Waals surface area contributed by atoms with E-state index in [9.17, 15) is 4.79 Å². The lowest BCUT2D eigenvalue weighted by Crippen LogP contribution is -2.36. The molecular weight excluding hydrogens is 138 g/mol. The van der Waals surface area contributed by atoms with Gasteiger partial charge in [0.25, 0.3) is 5.91 Å². The molecule has 2 heteroatoms. The van der Waals surface area contributed by atoms with Gasteiger partial charge in [-0.05, 0) is 19.1 Å². The fraction of sp³-hybridized carbons (Fsp3) is 0.222. The maximum Gasteiger partial charge on any atom is 0.260 e.